The fourth-order valence-corrected chi connectivity index (χ4v) is 2.74. The molecule has 5 nitrogen and oxygen atoms in total. The van der Waals surface area contributed by atoms with Crippen LogP contribution in [0.1, 0.15) is 25.5 Å². The molecule has 2 rings (SSSR count). The molecule has 0 saturated carbocycles. The summed E-state index contributed by atoms with van der Waals surface area (Å²) in [6.45, 7) is 7.79. The van der Waals surface area contributed by atoms with Crippen LogP contribution in [-0.2, 0) is 9.53 Å². The van der Waals surface area contributed by atoms with Crippen LogP contribution in [0.15, 0.2) is 24.3 Å². The van der Waals surface area contributed by atoms with Crippen molar-refractivity contribution in [3.8, 4) is 0 Å². The van der Waals surface area contributed by atoms with Crippen molar-refractivity contribution < 1.29 is 9.53 Å². The molecule has 1 aliphatic heterocycles. The highest BCUT2D eigenvalue weighted by Gasteiger charge is 2.23. The average molecular weight is 319 g/mol. The molecule has 1 N–H and O–H groups in total. The van der Waals surface area contributed by atoms with E-state index in [1.807, 2.05) is 27.9 Å². The van der Waals surface area contributed by atoms with E-state index in [1.165, 1.54) is 11.3 Å². The zero-order valence-corrected chi connectivity index (χ0v) is 14.7. The van der Waals surface area contributed by atoms with Crippen molar-refractivity contribution >= 4 is 11.6 Å². The van der Waals surface area contributed by atoms with Gasteiger partial charge in [0.1, 0.15) is 0 Å². The Hall–Kier alpha value is -1.59. The largest absolute Gasteiger partial charge is 0.379 e. The molecule has 1 aliphatic rings. The molecule has 0 aliphatic carbocycles. The fourth-order valence-electron chi connectivity index (χ4n) is 2.74. The third-order valence-electron chi connectivity index (χ3n) is 4.27. The average Bonchev–Trinajstić information content (AvgIpc) is 2.56. The van der Waals surface area contributed by atoms with Crippen molar-refractivity contribution in [1.29, 1.82) is 0 Å². The number of nitrogens with zero attached hydrogens (tertiary/aromatic N) is 2. The molecule has 1 aromatic rings. The second-order valence-corrected chi connectivity index (χ2v) is 6.55. The van der Waals surface area contributed by atoms with Gasteiger partial charge in [-0.3, -0.25) is 9.69 Å². The van der Waals surface area contributed by atoms with Crippen molar-refractivity contribution in [3.05, 3.63) is 29.8 Å². The molecular weight excluding hydrogens is 290 g/mol. The maximum atomic E-state index is 11.9. The highest BCUT2D eigenvalue weighted by Crippen LogP contribution is 2.23. The van der Waals surface area contributed by atoms with Gasteiger partial charge in [0.15, 0.2) is 0 Å². The summed E-state index contributed by atoms with van der Waals surface area (Å²) in [4.78, 5) is 16.4. The number of anilines is 1. The zero-order valence-electron chi connectivity index (χ0n) is 14.7. The van der Waals surface area contributed by atoms with E-state index in [0.29, 0.717) is 6.54 Å². The first-order valence-electron chi connectivity index (χ1n) is 8.36. The third kappa shape index (κ3) is 4.94. The highest BCUT2D eigenvalue weighted by atomic mass is 16.5. The van der Waals surface area contributed by atoms with Gasteiger partial charge in [-0.2, -0.15) is 0 Å². The first kappa shape index (κ1) is 17.8. The summed E-state index contributed by atoms with van der Waals surface area (Å²) < 4.78 is 5.46. The molecule has 0 bridgehead atoms. The van der Waals surface area contributed by atoms with Crippen LogP contribution < -0.4 is 10.2 Å². The molecule has 0 radical (unpaired) electrons. The topological polar surface area (TPSA) is 44.8 Å². The lowest BCUT2D eigenvalue weighted by Crippen LogP contribution is -2.44. The molecule has 1 saturated heterocycles. The maximum Gasteiger partial charge on any atom is 0.222 e. The van der Waals surface area contributed by atoms with Gasteiger partial charge in [0.2, 0.25) is 5.91 Å². The van der Waals surface area contributed by atoms with Crippen LogP contribution in [0.5, 0.6) is 0 Å². The van der Waals surface area contributed by atoms with Crippen LogP contribution in [0, 0.1) is 5.92 Å². The minimum Gasteiger partial charge on any atom is -0.379 e. The number of amides is 1. The maximum absolute atomic E-state index is 11.9. The van der Waals surface area contributed by atoms with Gasteiger partial charge in [-0.25, -0.2) is 0 Å². The predicted octanol–water partition coefficient (Wildman–Crippen LogP) is 1.90. The van der Waals surface area contributed by atoms with Gasteiger partial charge in [-0.15, -0.1) is 0 Å². The predicted molar refractivity (Wildman–Crippen MR) is 93.7 cm³/mol. The molecule has 1 atom stereocenters. The van der Waals surface area contributed by atoms with E-state index in [4.69, 9.17) is 4.74 Å². The minimum absolute atomic E-state index is 0.0106. The Morgan fingerprint density at radius 2 is 1.83 bits per heavy atom. The van der Waals surface area contributed by atoms with E-state index >= 15 is 0 Å². The van der Waals surface area contributed by atoms with Gasteiger partial charge in [0.05, 0.1) is 19.3 Å². The van der Waals surface area contributed by atoms with Crippen LogP contribution >= 0.6 is 0 Å². The summed E-state index contributed by atoms with van der Waals surface area (Å²) in [5, 5.41) is 3.08. The highest BCUT2D eigenvalue weighted by molar-refractivity contribution is 5.77. The summed E-state index contributed by atoms with van der Waals surface area (Å²) in [6, 6.07) is 8.78. The fraction of sp³-hybridized carbons (Fsp3) is 0.611. The molecule has 128 valence electrons. The Morgan fingerprint density at radius 3 is 2.35 bits per heavy atom. The van der Waals surface area contributed by atoms with Gasteiger partial charge in [-0.1, -0.05) is 26.0 Å². The van der Waals surface area contributed by atoms with E-state index in [2.05, 4.69) is 39.4 Å². The number of benzene rings is 1. The second-order valence-electron chi connectivity index (χ2n) is 6.55. The number of hydrogen-bond acceptors (Lipinski definition) is 4. The second kappa shape index (κ2) is 8.31. The van der Waals surface area contributed by atoms with Crippen LogP contribution in [0.2, 0.25) is 0 Å². The molecule has 1 heterocycles. The minimum atomic E-state index is 0.0106. The van der Waals surface area contributed by atoms with Crippen LogP contribution in [-0.4, -0.2) is 57.8 Å². The van der Waals surface area contributed by atoms with E-state index in [0.717, 1.165) is 26.3 Å². The summed E-state index contributed by atoms with van der Waals surface area (Å²) in [7, 11) is 4.08. The molecule has 1 fully saturated rings. The quantitative estimate of drug-likeness (QED) is 0.870. The smallest absolute Gasteiger partial charge is 0.222 e. The standard InChI is InChI=1S/C18H29N3O2/c1-14(2)18(22)19-13-17(21-9-11-23-12-10-21)15-5-7-16(8-6-15)20(3)4/h5-8,14,17H,9-13H2,1-4H3,(H,19,22)/t17-/m0/s1. The van der Waals surface area contributed by atoms with Crippen molar-refractivity contribution in [2.45, 2.75) is 19.9 Å². The summed E-state index contributed by atoms with van der Waals surface area (Å²) in [6.07, 6.45) is 0. The Labute approximate surface area is 139 Å². The number of morpholine rings is 1. The van der Waals surface area contributed by atoms with Gasteiger partial charge in [0.25, 0.3) is 0 Å². The summed E-state index contributed by atoms with van der Waals surface area (Å²) in [5.74, 6) is 0.115. The van der Waals surface area contributed by atoms with Crippen molar-refractivity contribution in [1.82, 2.24) is 10.2 Å². The van der Waals surface area contributed by atoms with Crippen molar-refractivity contribution in [3.63, 3.8) is 0 Å². The SMILES string of the molecule is CC(C)C(=O)NC[C@@H](c1ccc(N(C)C)cc1)N1CCOCC1. The van der Waals surface area contributed by atoms with Crippen molar-refractivity contribution in [2.24, 2.45) is 5.92 Å². The number of rotatable bonds is 6. The number of carbonyl (C=O) groups is 1. The van der Waals surface area contributed by atoms with Crippen molar-refractivity contribution in [2.75, 3.05) is 51.8 Å². The molecule has 0 spiro atoms. The lowest BCUT2D eigenvalue weighted by molar-refractivity contribution is -0.124. The Kier molecular flexibility index (Phi) is 6.42. The molecule has 5 heteroatoms. The first-order chi connectivity index (χ1) is 11.0. The van der Waals surface area contributed by atoms with Crippen LogP contribution in [0.3, 0.4) is 0 Å². The number of nitrogens with one attached hydrogen (secondary N) is 1. The number of ether oxygens (including phenoxy) is 1. The molecular formula is C18H29N3O2. The first-order valence-corrected chi connectivity index (χ1v) is 8.36. The Bertz CT molecular complexity index is 493. The van der Waals surface area contributed by atoms with Gasteiger partial charge < -0.3 is 15.0 Å². The molecule has 0 aromatic heterocycles. The third-order valence-corrected chi connectivity index (χ3v) is 4.27. The Morgan fingerprint density at radius 1 is 1.22 bits per heavy atom. The van der Waals surface area contributed by atoms with Gasteiger partial charge in [-0.05, 0) is 17.7 Å². The monoisotopic (exact) mass is 319 g/mol. The van der Waals surface area contributed by atoms with Crippen LogP contribution in [0.4, 0.5) is 5.69 Å². The molecule has 1 aromatic carbocycles. The summed E-state index contributed by atoms with van der Waals surface area (Å²) >= 11 is 0. The van der Waals surface area contributed by atoms with Gasteiger partial charge in [0, 0.05) is 45.3 Å². The lowest BCUT2D eigenvalue weighted by atomic mass is 10.0. The van der Waals surface area contributed by atoms with Gasteiger partial charge >= 0.3 is 0 Å². The number of hydrogen-bond donors (Lipinski definition) is 1. The zero-order chi connectivity index (χ0) is 16.8. The van der Waals surface area contributed by atoms with E-state index in [1.54, 1.807) is 0 Å². The van der Waals surface area contributed by atoms with E-state index in [-0.39, 0.29) is 17.9 Å². The lowest BCUT2D eigenvalue weighted by Gasteiger charge is -2.35. The molecule has 23 heavy (non-hydrogen) atoms. The molecule has 0 unspecified atom stereocenters. The van der Waals surface area contributed by atoms with Crippen LogP contribution in [0.25, 0.3) is 0 Å². The van der Waals surface area contributed by atoms with E-state index < -0.39 is 0 Å². The summed E-state index contributed by atoms with van der Waals surface area (Å²) in [5.41, 5.74) is 2.42. The normalized spacial score (nSPS) is 17.1. The molecule has 1 amide bonds. The van der Waals surface area contributed by atoms with E-state index in [9.17, 15) is 4.79 Å². The number of carbonyl (C=O) groups excluding carboxylic acids is 1. The Balaban J connectivity index is 2.12.